The molecule has 2 aromatic carbocycles. The minimum Gasteiger partial charge on any atom is -0.326 e. The SMILES string of the molecule is Cc1ccc(SCCC(=O)Nc2ccc(F)c([N+](=O)[O-])c2)cc1C. The van der Waals surface area contributed by atoms with Crippen molar-refractivity contribution in [3.63, 3.8) is 0 Å². The van der Waals surface area contributed by atoms with E-state index in [4.69, 9.17) is 0 Å². The first-order valence-corrected chi connectivity index (χ1v) is 8.29. The van der Waals surface area contributed by atoms with Crippen molar-refractivity contribution in [2.45, 2.75) is 25.2 Å². The number of anilines is 1. The predicted molar refractivity (Wildman–Crippen MR) is 92.9 cm³/mol. The first-order chi connectivity index (χ1) is 11.4. The first-order valence-electron chi connectivity index (χ1n) is 7.30. The number of benzene rings is 2. The molecule has 0 fully saturated rings. The van der Waals surface area contributed by atoms with E-state index in [1.165, 1.54) is 17.2 Å². The van der Waals surface area contributed by atoms with Gasteiger partial charge in [-0.25, -0.2) is 0 Å². The maximum absolute atomic E-state index is 13.3. The van der Waals surface area contributed by atoms with Gasteiger partial charge >= 0.3 is 5.69 Å². The number of carbonyl (C=O) groups excluding carboxylic acids is 1. The number of nitro benzene ring substituents is 1. The van der Waals surface area contributed by atoms with E-state index >= 15 is 0 Å². The number of nitro groups is 1. The molecule has 0 heterocycles. The summed E-state index contributed by atoms with van der Waals surface area (Å²) in [4.78, 5) is 22.9. The van der Waals surface area contributed by atoms with Crippen LogP contribution in [0.2, 0.25) is 0 Å². The van der Waals surface area contributed by atoms with Gasteiger partial charge in [0.1, 0.15) is 0 Å². The Hall–Kier alpha value is -2.41. The quantitative estimate of drug-likeness (QED) is 0.475. The minimum absolute atomic E-state index is 0.212. The smallest absolute Gasteiger partial charge is 0.306 e. The summed E-state index contributed by atoms with van der Waals surface area (Å²) in [6.07, 6.45) is 0.253. The van der Waals surface area contributed by atoms with Crippen LogP contribution in [-0.4, -0.2) is 16.6 Å². The largest absolute Gasteiger partial charge is 0.326 e. The fourth-order valence-corrected chi connectivity index (χ4v) is 2.97. The van der Waals surface area contributed by atoms with E-state index in [-0.39, 0.29) is 18.0 Å². The molecule has 24 heavy (non-hydrogen) atoms. The molecule has 0 aromatic heterocycles. The van der Waals surface area contributed by atoms with Crippen molar-refractivity contribution in [1.82, 2.24) is 0 Å². The molecule has 0 atom stereocenters. The molecular formula is C17H17FN2O3S. The molecule has 0 unspecified atom stereocenters. The fourth-order valence-electron chi connectivity index (χ4n) is 2.02. The van der Waals surface area contributed by atoms with Gasteiger partial charge in [-0.3, -0.25) is 14.9 Å². The molecule has 2 rings (SSSR count). The topological polar surface area (TPSA) is 72.2 Å². The highest BCUT2D eigenvalue weighted by Crippen LogP contribution is 2.23. The first kappa shape index (κ1) is 17.9. The molecule has 0 saturated carbocycles. The third-order valence-electron chi connectivity index (χ3n) is 3.50. The molecule has 126 valence electrons. The predicted octanol–water partition coefficient (Wildman–Crippen LogP) is 4.47. The van der Waals surface area contributed by atoms with Crippen LogP contribution in [-0.2, 0) is 4.79 Å². The van der Waals surface area contributed by atoms with Gasteiger partial charge in [-0.1, -0.05) is 6.07 Å². The van der Waals surface area contributed by atoms with Crippen LogP contribution in [0.1, 0.15) is 17.5 Å². The van der Waals surface area contributed by atoms with Crippen molar-refractivity contribution < 1.29 is 14.1 Å². The lowest BCUT2D eigenvalue weighted by molar-refractivity contribution is -0.387. The van der Waals surface area contributed by atoms with Crippen LogP contribution in [0.5, 0.6) is 0 Å². The van der Waals surface area contributed by atoms with Crippen LogP contribution in [0.25, 0.3) is 0 Å². The number of halogens is 1. The van der Waals surface area contributed by atoms with E-state index in [1.54, 1.807) is 11.8 Å². The highest BCUT2D eigenvalue weighted by molar-refractivity contribution is 7.99. The highest BCUT2D eigenvalue weighted by atomic mass is 32.2. The van der Waals surface area contributed by atoms with Crippen LogP contribution in [0.4, 0.5) is 15.8 Å². The molecule has 1 amide bonds. The summed E-state index contributed by atoms with van der Waals surface area (Å²) in [5.74, 6) is -0.618. The molecule has 0 radical (unpaired) electrons. The normalized spacial score (nSPS) is 10.5. The molecule has 0 spiro atoms. The van der Waals surface area contributed by atoms with Crippen LogP contribution < -0.4 is 5.32 Å². The van der Waals surface area contributed by atoms with E-state index < -0.39 is 16.4 Å². The number of hydrogen-bond acceptors (Lipinski definition) is 4. The number of thioether (sulfide) groups is 1. The van der Waals surface area contributed by atoms with Gasteiger partial charge in [0.2, 0.25) is 11.7 Å². The number of aryl methyl sites for hydroxylation is 2. The maximum Gasteiger partial charge on any atom is 0.306 e. The van der Waals surface area contributed by atoms with Gasteiger partial charge in [0.25, 0.3) is 0 Å². The molecule has 0 bridgehead atoms. The van der Waals surface area contributed by atoms with Gasteiger partial charge in [-0.15, -0.1) is 11.8 Å². The fraction of sp³-hybridized carbons (Fsp3) is 0.235. The number of hydrogen-bond donors (Lipinski definition) is 1. The lowest BCUT2D eigenvalue weighted by Crippen LogP contribution is -2.12. The number of rotatable bonds is 6. The van der Waals surface area contributed by atoms with Crippen molar-refractivity contribution in [3.8, 4) is 0 Å². The second-order valence-electron chi connectivity index (χ2n) is 5.32. The van der Waals surface area contributed by atoms with Crippen molar-refractivity contribution in [2.24, 2.45) is 0 Å². The van der Waals surface area contributed by atoms with Gasteiger partial charge < -0.3 is 5.32 Å². The minimum atomic E-state index is -0.928. The molecule has 0 saturated heterocycles. The van der Waals surface area contributed by atoms with Gasteiger partial charge in [0, 0.05) is 28.8 Å². The van der Waals surface area contributed by atoms with Crippen LogP contribution >= 0.6 is 11.8 Å². The van der Waals surface area contributed by atoms with Crippen molar-refractivity contribution in [2.75, 3.05) is 11.1 Å². The zero-order valence-corrected chi connectivity index (χ0v) is 14.2. The molecular weight excluding hydrogens is 331 g/mol. The number of nitrogens with zero attached hydrogens (tertiary/aromatic N) is 1. The lowest BCUT2D eigenvalue weighted by atomic mass is 10.1. The number of amides is 1. The standard InChI is InChI=1S/C17H17FN2O3S/c1-11-3-5-14(9-12(11)2)24-8-7-17(21)19-13-4-6-15(18)16(10-13)20(22)23/h3-6,9-10H,7-8H2,1-2H3,(H,19,21). The maximum atomic E-state index is 13.3. The Bertz CT molecular complexity index is 780. The van der Waals surface area contributed by atoms with Gasteiger partial charge in [0.15, 0.2) is 0 Å². The summed E-state index contributed by atoms with van der Waals surface area (Å²) >= 11 is 1.56. The van der Waals surface area contributed by atoms with E-state index in [1.807, 2.05) is 26.0 Å². The molecule has 0 aliphatic heterocycles. The Labute approximate surface area is 143 Å². The third-order valence-corrected chi connectivity index (χ3v) is 4.50. The van der Waals surface area contributed by atoms with E-state index in [0.717, 1.165) is 17.0 Å². The molecule has 0 aliphatic carbocycles. The summed E-state index contributed by atoms with van der Waals surface area (Å²) in [5, 5.41) is 13.2. The Morgan fingerprint density at radius 3 is 2.62 bits per heavy atom. The second-order valence-corrected chi connectivity index (χ2v) is 6.48. The number of carbonyl (C=O) groups is 1. The van der Waals surface area contributed by atoms with E-state index in [2.05, 4.69) is 11.4 Å². The van der Waals surface area contributed by atoms with Crippen LogP contribution in [0.3, 0.4) is 0 Å². The Morgan fingerprint density at radius 1 is 1.21 bits per heavy atom. The average molecular weight is 348 g/mol. The Kier molecular flexibility index (Phi) is 5.92. The van der Waals surface area contributed by atoms with Crippen molar-refractivity contribution in [1.29, 1.82) is 0 Å². The molecule has 1 N–H and O–H groups in total. The Balaban J connectivity index is 1.88. The summed E-state index contributed by atoms with van der Waals surface area (Å²) in [7, 11) is 0. The molecule has 0 aliphatic rings. The van der Waals surface area contributed by atoms with Crippen molar-refractivity contribution in [3.05, 3.63) is 63.5 Å². The van der Waals surface area contributed by atoms with Crippen LogP contribution in [0, 0.1) is 29.8 Å². The van der Waals surface area contributed by atoms with E-state index in [9.17, 15) is 19.3 Å². The molecule has 2 aromatic rings. The number of nitrogens with one attached hydrogen (secondary N) is 1. The summed E-state index contributed by atoms with van der Waals surface area (Å²) in [5.41, 5.74) is 1.97. The van der Waals surface area contributed by atoms with Crippen molar-refractivity contribution >= 4 is 29.0 Å². The Morgan fingerprint density at radius 2 is 1.96 bits per heavy atom. The summed E-state index contributed by atoms with van der Waals surface area (Å²) in [6.45, 7) is 4.08. The highest BCUT2D eigenvalue weighted by Gasteiger charge is 2.15. The van der Waals surface area contributed by atoms with Crippen LogP contribution in [0.15, 0.2) is 41.3 Å². The summed E-state index contributed by atoms with van der Waals surface area (Å²) in [6, 6.07) is 9.41. The molecule has 7 heteroatoms. The van der Waals surface area contributed by atoms with Gasteiger partial charge in [-0.2, -0.15) is 4.39 Å². The zero-order chi connectivity index (χ0) is 17.7. The monoisotopic (exact) mass is 348 g/mol. The molecule has 5 nitrogen and oxygen atoms in total. The zero-order valence-electron chi connectivity index (χ0n) is 13.3. The summed E-state index contributed by atoms with van der Waals surface area (Å²) < 4.78 is 13.3. The van der Waals surface area contributed by atoms with Gasteiger partial charge in [-0.05, 0) is 49.2 Å². The third kappa shape index (κ3) is 4.79. The second kappa shape index (κ2) is 7.92. The van der Waals surface area contributed by atoms with E-state index in [0.29, 0.717) is 5.75 Å². The average Bonchev–Trinajstić information content (AvgIpc) is 2.52. The van der Waals surface area contributed by atoms with Gasteiger partial charge in [0.05, 0.1) is 4.92 Å². The lowest BCUT2D eigenvalue weighted by Gasteiger charge is -2.07.